The number of thiazole rings is 1. The van der Waals surface area contributed by atoms with Crippen LogP contribution in [0.15, 0.2) is 29.6 Å². The lowest BCUT2D eigenvalue weighted by Gasteiger charge is -2.31. The van der Waals surface area contributed by atoms with E-state index in [9.17, 15) is 9.59 Å². The Morgan fingerprint density at radius 2 is 2.04 bits per heavy atom. The third-order valence-corrected chi connectivity index (χ3v) is 5.61. The number of piperidine rings is 1. The van der Waals surface area contributed by atoms with Crippen molar-refractivity contribution in [3.8, 4) is 0 Å². The molecule has 1 aliphatic rings. The van der Waals surface area contributed by atoms with E-state index in [4.69, 9.17) is 0 Å². The standard InChI is InChI=1S/C21H28N4O2S/c1-14-7-5-9-16(11-14)22-20(27)25-10-6-8-15(12-25)18(26)24-19-23-17(13-28-19)21(2,3)4/h5,7,9,11,13,15H,6,8,10,12H2,1-4H3,(H,22,27)(H,23,24,26). The van der Waals surface area contributed by atoms with Gasteiger partial charge in [0.25, 0.3) is 0 Å². The first kappa shape index (κ1) is 20.3. The maximum atomic E-state index is 12.7. The Kier molecular flexibility index (Phi) is 6.03. The molecule has 1 aromatic carbocycles. The number of carbonyl (C=O) groups excluding carboxylic acids is 2. The Balaban J connectivity index is 1.58. The van der Waals surface area contributed by atoms with Gasteiger partial charge in [0.05, 0.1) is 11.6 Å². The third-order valence-electron chi connectivity index (χ3n) is 4.85. The van der Waals surface area contributed by atoms with Crippen LogP contribution in [0.1, 0.15) is 44.9 Å². The molecule has 2 heterocycles. The van der Waals surface area contributed by atoms with Crippen molar-refractivity contribution >= 4 is 34.1 Å². The number of nitrogens with one attached hydrogen (secondary N) is 2. The minimum atomic E-state index is -0.223. The molecule has 2 aromatic rings. The summed E-state index contributed by atoms with van der Waals surface area (Å²) >= 11 is 1.44. The molecule has 1 saturated heterocycles. The summed E-state index contributed by atoms with van der Waals surface area (Å²) in [6.45, 7) is 9.35. The van der Waals surface area contributed by atoms with Crippen LogP contribution in [-0.4, -0.2) is 34.9 Å². The van der Waals surface area contributed by atoms with Crippen LogP contribution in [-0.2, 0) is 10.2 Å². The van der Waals surface area contributed by atoms with Crippen molar-refractivity contribution < 1.29 is 9.59 Å². The quantitative estimate of drug-likeness (QED) is 0.789. The van der Waals surface area contributed by atoms with Gasteiger partial charge in [-0.15, -0.1) is 11.3 Å². The van der Waals surface area contributed by atoms with Crippen LogP contribution in [0, 0.1) is 12.8 Å². The van der Waals surface area contributed by atoms with Crippen LogP contribution < -0.4 is 10.6 Å². The van der Waals surface area contributed by atoms with Gasteiger partial charge in [-0.3, -0.25) is 4.79 Å². The molecule has 0 aliphatic carbocycles. The lowest BCUT2D eigenvalue weighted by molar-refractivity contribution is -0.121. The molecular weight excluding hydrogens is 372 g/mol. The highest BCUT2D eigenvalue weighted by Crippen LogP contribution is 2.27. The summed E-state index contributed by atoms with van der Waals surface area (Å²) in [7, 11) is 0. The maximum Gasteiger partial charge on any atom is 0.321 e. The molecule has 6 nitrogen and oxygen atoms in total. The molecule has 1 atom stereocenters. The minimum absolute atomic E-state index is 0.0466. The van der Waals surface area contributed by atoms with Gasteiger partial charge < -0.3 is 15.5 Å². The van der Waals surface area contributed by atoms with Crippen molar-refractivity contribution in [3.63, 3.8) is 0 Å². The highest BCUT2D eigenvalue weighted by Gasteiger charge is 2.29. The fraction of sp³-hybridized carbons (Fsp3) is 0.476. The molecule has 0 saturated carbocycles. The first-order chi connectivity index (χ1) is 13.2. The van der Waals surface area contributed by atoms with E-state index >= 15 is 0 Å². The fourth-order valence-corrected chi connectivity index (χ4v) is 4.12. The number of aromatic nitrogens is 1. The zero-order valence-electron chi connectivity index (χ0n) is 16.9. The largest absolute Gasteiger partial charge is 0.324 e. The molecule has 3 rings (SSSR count). The summed E-state index contributed by atoms with van der Waals surface area (Å²) in [5.41, 5.74) is 2.78. The van der Waals surface area contributed by atoms with E-state index < -0.39 is 0 Å². The van der Waals surface area contributed by atoms with Crippen molar-refractivity contribution in [2.45, 2.75) is 46.0 Å². The SMILES string of the molecule is Cc1cccc(NC(=O)N2CCCC(C(=O)Nc3nc(C(C)(C)C)cs3)C2)c1. The number of nitrogens with zero attached hydrogens (tertiary/aromatic N) is 2. The van der Waals surface area contributed by atoms with Crippen LogP contribution in [0.4, 0.5) is 15.6 Å². The molecule has 7 heteroatoms. The van der Waals surface area contributed by atoms with Crippen molar-refractivity contribution in [1.82, 2.24) is 9.88 Å². The van der Waals surface area contributed by atoms with E-state index in [1.807, 2.05) is 36.6 Å². The zero-order chi connectivity index (χ0) is 20.3. The summed E-state index contributed by atoms with van der Waals surface area (Å²) < 4.78 is 0. The average molecular weight is 401 g/mol. The molecule has 0 spiro atoms. The molecule has 1 aromatic heterocycles. The predicted molar refractivity (Wildman–Crippen MR) is 114 cm³/mol. The molecule has 2 N–H and O–H groups in total. The number of benzene rings is 1. The fourth-order valence-electron chi connectivity index (χ4n) is 3.18. The lowest BCUT2D eigenvalue weighted by atomic mass is 9.93. The van der Waals surface area contributed by atoms with Gasteiger partial charge in [-0.05, 0) is 37.5 Å². The Morgan fingerprint density at radius 1 is 1.25 bits per heavy atom. The number of hydrogen-bond acceptors (Lipinski definition) is 4. The van der Waals surface area contributed by atoms with Gasteiger partial charge in [0.15, 0.2) is 5.13 Å². The third kappa shape index (κ3) is 5.10. The number of amides is 3. The van der Waals surface area contributed by atoms with Crippen molar-refractivity contribution in [1.29, 1.82) is 0 Å². The second-order valence-electron chi connectivity index (χ2n) is 8.36. The maximum absolute atomic E-state index is 12.7. The second-order valence-corrected chi connectivity index (χ2v) is 9.22. The average Bonchev–Trinajstić information content (AvgIpc) is 3.11. The molecule has 1 unspecified atom stereocenters. The van der Waals surface area contributed by atoms with Crippen molar-refractivity contribution in [3.05, 3.63) is 40.9 Å². The van der Waals surface area contributed by atoms with Gasteiger partial charge in [0, 0.05) is 29.6 Å². The highest BCUT2D eigenvalue weighted by molar-refractivity contribution is 7.13. The van der Waals surface area contributed by atoms with Gasteiger partial charge in [0.2, 0.25) is 5.91 Å². The van der Waals surface area contributed by atoms with Crippen LogP contribution in [0.2, 0.25) is 0 Å². The van der Waals surface area contributed by atoms with E-state index in [0.29, 0.717) is 18.2 Å². The van der Waals surface area contributed by atoms with Gasteiger partial charge in [-0.2, -0.15) is 0 Å². The molecule has 0 bridgehead atoms. The van der Waals surface area contributed by atoms with Crippen LogP contribution in [0.5, 0.6) is 0 Å². The predicted octanol–water partition coefficient (Wildman–Crippen LogP) is 4.63. The number of aryl methyl sites for hydroxylation is 1. The Bertz CT molecular complexity index is 856. The first-order valence-electron chi connectivity index (χ1n) is 9.62. The molecule has 0 radical (unpaired) electrons. The summed E-state index contributed by atoms with van der Waals surface area (Å²) in [5, 5.41) is 8.46. The second kappa shape index (κ2) is 8.31. The van der Waals surface area contributed by atoms with Crippen LogP contribution >= 0.6 is 11.3 Å². The van der Waals surface area contributed by atoms with Crippen molar-refractivity contribution in [2.24, 2.45) is 5.92 Å². The summed E-state index contributed by atoms with van der Waals surface area (Å²) in [6.07, 6.45) is 1.59. The van der Waals surface area contributed by atoms with Crippen LogP contribution in [0.3, 0.4) is 0 Å². The molecule has 150 valence electrons. The Labute approximate surface area is 170 Å². The van der Waals surface area contributed by atoms with Gasteiger partial charge in [0.1, 0.15) is 0 Å². The Morgan fingerprint density at radius 3 is 2.71 bits per heavy atom. The zero-order valence-corrected chi connectivity index (χ0v) is 17.7. The number of urea groups is 1. The topological polar surface area (TPSA) is 74.3 Å². The minimum Gasteiger partial charge on any atom is -0.324 e. The van der Waals surface area contributed by atoms with E-state index in [2.05, 4.69) is 36.4 Å². The van der Waals surface area contributed by atoms with Gasteiger partial charge in [-0.25, -0.2) is 9.78 Å². The number of rotatable bonds is 3. The number of anilines is 2. The summed E-state index contributed by atoms with van der Waals surface area (Å²) in [6, 6.07) is 7.54. The molecule has 28 heavy (non-hydrogen) atoms. The van der Waals surface area contributed by atoms with Crippen LogP contribution in [0.25, 0.3) is 0 Å². The normalized spacial score (nSPS) is 17.3. The molecule has 3 amide bonds. The van der Waals surface area contributed by atoms with E-state index in [1.54, 1.807) is 4.90 Å². The Hall–Kier alpha value is -2.41. The van der Waals surface area contributed by atoms with Crippen molar-refractivity contribution in [2.75, 3.05) is 23.7 Å². The van der Waals surface area contributed by atoms with Gasteiger partial charge in [-0.1, -0.05) is 32.9 Å². The van der Waals surface area contributed by atoms with Gasteiger partial charge >= 0.3 is 6.03 Å². The van der Waals surface area contributed by atoms with E-state index in [1.165, 1.54) is 11.3 Å². The molecule has 1 fully saturated rings. The number of hydrogen-bond donors (Lipinski definition) is 2. The summed E-state index contributed by atoms with van der Waals surface area (Å²) in [4.78, 5) is 31.5. The molecule has 1 aliphatic heterocycles. The molecular formula is C21H28N4O2S. The van der Waals surface area contributed by atoms with E-state index in [0.717, 1.165) is 29.8 Å². The lowest BCUT2D eigenvalue weighted by Crippen LogP contribution is -2.45. The van der Waals surface area contributed by atoms with E-state index in [-0.39, 0.29) is 23.3 Å². The number of carbonyl (C=O) groups is 2. The monoisotopic (exact) mass is 400 g/mol. The smallest absolute Gasteiger partial charge is 0.321 e. The number of likely N-dealkylation sites (tertiary alicyclic amines) is 1. The highest BCUT2D eigenvalue weighted by atomic mass is 32.1. The first-order valence-corrected chi connectivity index (χ1v) is 10.5. The summed E-state index contributed by atoms with van der Waals surface area (Å²) in [5.74, 6) is -0.290.